The zero-order valence-corrected chi connectivity index (χ0v) is 27.7. The summed E-state index contributed by atoms with van der Waals surface area (Å²) in [6.45, 7) is 4.60. The van der Waals surface area contributed by atoms with E-state index in [9.17, 15) is 0 Å². The first kappa shape index (κ1) is 28.6. The van der Waals surface area contributed by atoms with Crippen molar-refractivity contribution in [1.29, 1.82) is 0 Å². The maximum atomic E-state index is 6.36. The van der Waals surface area contributed by atoms with Crippen LogP contribution in [0.15, 0.2) is 156 Å². The molecule has 2 heterocycles. The minimum absolute atomic E-state index is 0.119. The monoisotopic (exact) mass is 641 g/mol. The van der Waals surface area contributed by atoms with Gasteiger partial charge in [0.1, 0.15) is 11.2 Å². The van der Waals surface area contributed by atoms with Crippen molar-refractivity contribution in [2.45, 2.75) is 19.3 Å². The van der Waals surface area contributed by atoms with E-state index in [-0.39, 0.29) is 5.41 Å². The predicted molar refractivity (Wildman–Crippen MR) is 204 cm³/mol. The largest absolute Gasteiger partial charge is 0.456 e. The van der Waals surface area contributed by atoms with Gasteiger partial charge in [-0.2, -0.15) is 0 Å². The van der Waals surface area contributed by atoms with Gasteiger partial charge in [0.2, 0.25) is 0 Å². The molecule has 4 heteroatoms. The number of furan rings is 1. The van der Waals surface area contributed by atoms with Crippen molar-refractivity contribution in [3.05, 3.63) is 163 Å². The first-order valence-electron chi connectivity index (χ1n) is 17.0. The summed E-state index contributed by atoms with van der Waals surface area (Å²) >= 11 is 0. The number of nitrogens with zero attached hydrogens (tertiary/aromatic N) is 3. The summed E-state index contributed by atoms with van der Waals surface area (Å²) in [5.41, 5.74) is 12.0. The summed E-state index contributed by atoms with van der Waals surface area (Å²) in [4.78, 5) is 15.1. The molecule has 2 aromatic heterocycles. The Balaban J connectivity index is 1.09. The van der Waals surface area contributed by atoms with Gasteiger partial charge in [-0.1, -0.05) is 141 Å². The maximum Gasteiger partial charge on any atom is 0.164 e. The fourth-order valence-corrected chi connectivity index (χ4v) is 7.74. The lowest BCUT2D eigenvalue weighted by Gasteiger charge is -2.21. The zero-order chi connectivity index (χ0) is 33.4. The van der Waals surface area contributed by atoms with Gasteiger partial charge in [-0.3, -0.25) is 0 Å². The van der Waals surface area contributed by atoms with E-state index in [0.717, 1.165) is 49.8 Å². The summed E-state index contributed by atoms with van der Waals surface area (Å²) in [6, 6.07) is 53.1. The van der Waals surface area contributed by atoms with Crippen molar-refractivity contribution in [3.8, 4) is 56.4 Å². The predicted octanol–water partition coefficient (Wildman–Crippen LogP) is 11.9. The van der Waals surface area contributed by atoms with Crippen LogP contribution in [0.4, 0.5) is 0 Å². The number of benzene rings is 7. The molecule has 0 fully saturated rings. The molecule has 10 rings (SSSR count). The molecule has 0 radical (unpaired) electrons. The van der Waals surface area contributed by atoms with Gasteiger partial charge in [-0.25, -0.2) is 15.0 Å². The Kier molecular flexibility index (Phi) is 6.19. The van der Waals surface area contributed by atoms with Gasteiger partial charge in [0.15, 0.2) is 17.5 Å². The first-order valence-corrected chi connectivity index (χ1v) is 17.0. The average Bonchev–Trinajstić information content (AvgIpc) is 3.65. The number of rotatable bonds is 4. The van der Waals surface area contributed by atoms with Crippen molar-refractivity contribution in [2.75, 3.05) is 0 Å². The lowest BCUT2D eigenvalue weighted by Crippen LogP contribution is -2.15. The van der Waals surface area contributed by atoms with Crippen LogP contribution in [0.3, 0.4) is 0 Å². The van der Waals surface area contributed by atoms with Gasteiger partial charge < -0.3 is 4.42 Å². The SMILES string of the molecule is CC1(C)c2ccccc2-c2ccc(-c3nc(-c4ccccc4)nc(-c4ccc(-c5cccc6oc7cc8ccccc8cc7c56)cc4)n3)cc21. The van der Waals surface area contributed by atoms with Crippen molar-refractivity contribution in [3.63, 3.8) is 0 Å². The highest BCUT2D eigenvalue weighted by Gasteiger charge is 2.35. The molecular weight excluding hydrogens is 611 g/mol. The molecule has 1 aliphatic carbocycles. The third-order valence-electron chi connectivity index (χ3n) is 10.3. The minimum Gasteiger partial charge on any atom is -0.456 e. The van der Waals surface area contributed by atoms with Crippen LogP contribution >= 0.6 is 0 Å². The van der Waals surface area contributed by atoms with Crippen molar-refractivity contribution in [2.24, 2.45) is 0 Å². The highest BCUT2D eigenvalue weighted by atomic mass is 16.3. The molecular formula is C46H31N3O. The molecule has 4 nitrogen and oxygen atoms in total. The maximum absolute atomic E-state index is 6.36. The molecule has 0 atom stereocenters. The topological polar surface area (TPSA) is 51.8 Å². The average molecular weight is 642 g/mol. The quantitative estimate of drug-likeness (QED) is 0.192. The van der Waals surface area contributed by atoms with Gasteiger partial charge in [0.05, 0.1) is 0 Å². The number of hydrogen-bond acceptors (Lipinski definition) is 4. The molecule has 0 saturated carbocycles. The van der Waals surface area contributed by atoms with E-state index in [1.54, 1.807) is 0 Å². The van der Waals surface area contributed by atoms with Crippen molar-refractivity contribution < 1.29 is 4.42 Å². The van der Waals surface area contributed by atoms with Gasteiger partial charge in [0, 0.05) is 32.9 Å². The lowest BCUT2D eigenvalue weighted by atomic mass is 9.82. The Bertz CT molecular complexity index is 2780. The molecule has 0 aliphatic heterocycles. The summed E-state index contributed by atoms with van der Waals surface area (Å²) in [5, 5.41) is 4.61. The van der Waals surface area contributed by atoms with Crippen LogP contribution in [-0.2, 0) is 5.41 Å². The van der Waals surface area contributed by atoms with Crippen LogP contribution in [0.25, 0.3) is 89.1 Å². The Hall–Kier alpha value is -6.39. The van der Waals surface area contributed by atoms with Gasteiger partial charge in [-0.15, -0.1) is 0 Å². The van der Waals surface area contributed by atoms with E-state index < -0.39 is 0 Å². The molecule has 9 aromatic rings. The third kappa shape index (κ3) is 4.42. The van der Waals surface area contributed by atoms with Crippen LogP contribution in [-0.4, -0.2) is 15.0 Å². The van der Waals surface area contributed by atoms with Crippen LogP contribution in [0.1, 0.15) is 25.0 Å². The van der Waals surface area contributed by atoms with E-state index in [2.05, 4.69) is 129 Å². The van der Waals surface area contributed by atoms with E-state index in [0.29, 0.717) is 17.5 Å². The van der Waals surface area contributed by atoms with E-state index >= 15 is 0 Å². The van der Waals surface area contributed by atoms with Crippen molar-refractivity contribution in [1.82, 2.24) is 15.0 Å². The van der Waals surface area contributed by atoms with Gasteiger partial charge in [0.25, 0.3) is 0 Å². The van der Waals surface area contributed by atoms with Crippen LogP contribution < -0.4 is 0 Å². The molecule has 1 aliphatic rings. The third-order valence-corrected chi connectivity index (χ3v) is 10.3. The minimum atomic E-state index is -0.119. The second-order valence-electron chi connectivity index (χ2n) is 13.7. The molecule has 236 valence electrons. The molecule has 0 saturated heterocycles. The summed E-state index contributed by atoms with van der Waals surface area (Å²) in [6.07, 6.45) is 0. The highest BCUT2D eigenvalue weighted by Crippen LogP contribution is 2.49. The Morgan fingerprint density at radius 2 is 1.00 bits per heavy atom. The molecule has 0 spiro atoms. The normalized spacial score (nSPS) is 13.2. The van der Waals surface area contributed by atoms with Crippen LogP contribution in [0.2, 0.25) is 0 Å². The number of hydrogen-bond donors (Lipinski definition) is 0. The fraction of sp³-hybridized carbons (Fsp3) is 0.0652. The second-order valence-corrected chi connectivity index (χ2v) is 13.7. The first-order chi connectivity index (χ1) is 24.5. The smallest absolute Gasteiger partial charge is 0.164 e. The van der Waals surface area contributed by atoms with Gasteiger partial charge in [-0.05, 0) is 68.4 Å². The summed E-state index contributed by atoms with van der Waals surface area (Å²) in [5.74, 6) is 1.95. The second kappa shape index (κ2) is 10.8. The summed E-state index contributed by atoms with van der Waals surface area (Å²) in [7, 11) is 0. The molecule has 0 amide bonds. The molecule has 7 aromatic carbocycles. The van der Waals surface area contributed by atoms with Crippen LogP contribution in [0.5, 0.6) is 0 Å². The lowest BCUT2D eigenvalue weighted by molar-refractivity contribution is 0.660. The Morgan fingerprint density at radius 1 is 0.420 bits per heavy atom. The van der Waals surface area contributed by atoms with E-state index in [1.165, 1.54) is 33.0 Å². The molecule has 0 N–H and O–H groups in total. The van der Waals surface area contributed by atoms with Crippen molar-refractivity contribution >= 4 is 32.7 Å². The zero-order valence-electron chi connectivity index (χ0n) is 27.7. The number of aromatic nitrogens is 3. The van der Waals surface area contributed by atoms with Crippen LogP contribution in [0, 0.1) is 0 Å². The van der Waals surface area contributed by atoms with E-state index in [1.807, 2.05) is 36.4 Å². The fourth-order valence-electron chi connectivity index (χ4n) is 7.74. The molecule has 50 heavy (non-hydrogen) atoms. The van der Waals surface area contributed by atoms with Gasteiger partial charge >= 0.3 is 0 Å². The summed E-state index contributed by atoms with van der Waals surface area (Å²) < 4.78 is 6.36. The molecule has 0 bridgehead atoms. The Morgan fingerprint density at radius 3 is 1.78 bits per heavy atom. The Labute approximate surface area is 289 Å². The highest BCUT2D eigenvalue weighted by molar-refractivity contribution is 6.15. The van der Waals surface area contributed by atoms with E-state index in [4.69, 9.17) is 19.4 Å². The molecule has 0 unspecified atom stereocenters. The standard InChI is InChI=1S/C46H31N3O/c1-46(2)38-17-9-8-15-35(38)36-24-23-33(26-39(36)46)45-48-43(29-11-4-3-5-12-29)47-44(49-45)30-21-19-28(20-22-30)34-16-10-18-40-42(34)37-25-31-13-6-7-14-32(31)27-41(37)50-40/h3-27H,1-2H3. The number of fused-ring (bicyclic) bond motifs is 7.